The van der Waals surface area contributed by atoms with Crippen LogP contribution in [-0.2, 0) is 14.3 Å². The molecule has 0 saturated heterocycles. The number of hydrogen-bond donors (Lipinski definition) is 1. The van der Waals surface area contributed by atoms with Crippen molar-refractivity contribution < 1.29 is 14.3 Å². The van der Waals surface area contributed by atoms with Crippen molar-refractivity contribution in [2.75, 3.05) is 23.9 Å². The van der Waals surface area contributed by atoms with E-state index in [1.807, 2.05) is 24.3 Å². The molecular formula is C17H19NO3S2. The number of thiophene rings is 1. The number of ether oxygens (including phenoxy) is 1. The maximum absolute atomic E-state index is 12.0. The lowest BCUT2D eigenvalue weighted by Gasteiger charge is -2.07. The van der Waals surface area contributed by atoms with Gasteiger partial charge in [0.1, 0.15) is 0 Å². The molecule has 1 heterocycles. The first-order chi connectivity index (χ1) is 11.1. The van der Waals surface area contributed by atoms with Crippen molar-refractivity contribution in [2.45, 2.75) is 13.3 Å². The molecule has 1 aromatic heterocycles. The molecule has 0 aliphatic heterocycles. The largest absolute Gasteiger partial charge is 0.468 e. The first kappa shape index (κ1) is 17.6. The molecule has 4 nitrogen and oxygen atoms in total. The van der Waals surface area contributed by atoms with Gasteiger partial charge in [0.15, 0.2) is 0 Å². The number of thioether (sulfide) groups is 1. The van der Waals surface area contributed by atoms with Crippen molar-refractivity contribution >= 4 is 40.7 Å². The average molecular weight is 349 g/mol. The number of rotatable bonds is 7. The fourth-order valence-electron chi connectivity index (χ4n) is 2.01. The number of carbonyl (C=O) groups is 2. The molecule has 0 unspecified atom stereocenters. The Labute approximate surface area is 144 Å². The Bertz CT molecular complexity index is 682. The lowest BCUT2D eigenvalue weighted by Crippen LogP contribution is -2.13. The third kappa shape index (κ3) is 5.41. The van der Waals surface area contributed by atoms with Gasteiger partial charge in [0.25, 0.3) is 0 Å². The molecule has 0 atom stereocenters. The topological polar surface area (TPSA) is 55.4 Å². The number of anilines is 1. The number of carbonyl (C=O) groups excluding carboxylic acids is 2. The minimum Gasteiger partial charge on any atom is -0.468 e. The average Bonchev–Trinajstić information content (AvgIpc) is 2.97. The quantitative estimate of drug-likeness (QED) is 0.607. The van der Waals surface area contributed by atoms with E-state index in [4.69, 9.17) is 0 Å². The maximum Gasteiger partial charge on any atom is 0.315 e. The van der Waals surface area contributed by atoms with E-state index in [-0.39, 0.29) is 17.6 Å². The zero-order valence-electron chi connectivity index (χ0n) is 13.1. The highest BCUT2D eigenvalue weighted by Crippen LogP contribution is 2.30. The van der Waals surface area contributed by atoms with Crippen molar-refractivity contribution in [3.8, 4) is 10.4 Å². The fraction of sp³-hybridized carbons (Fsp3) is 0.294. The Morgan fingerprint density at radius 3 is 2.83 bits per heavy atom. The molecular weight excluding hydrogens is 330 g/mol. The third-order valence-electron chi connectivity index (χ3n) is 3.19. The van der Waals surface area contributed by atoms with E-state index < -0.39 is 0 Å². The zero-order chi connectivity index (χ0) is 16.7. The maximum atomic E-state index is 12.0. The number of nitrogens with one attached hydrogen (secondary N) is 1. The fourth-order valence-corrected chi connectivity index (χ4v) is 3.69. The number of esters is 1. The Morgan fingerprint density at radius 1 is 1.30 bits per heavy atom. The molecule has 0 spiro atoms. The van der Waals surface area contributed by atoms with E-state index in [0.717, 1.165) is 11.3 Å². The number of benzene rings is 1. The second kappa shape index (κ2) is 8.74. The van der Waals surface area contributed by atoms with Gasteiger partial charge in [-0.25, -0.2) is 0 Å². The number of methoxy groups -OCH3 is 1. The lowest BCUT2D eigenvalue weighted by atomic mass is 10.1. The van der Waals surface area contributed by atoms with Crippen LogP contribution in [0.15, 0.2) is 35.7 Å². The lowest BCUT2D eigenvalue weighted by molar-refractivity contribution is -0.137. The van der Waals surface area contributed by atoms with Crippen LogP contribution in [0.3, 0.4) is 0 Å². The summed E-state index contributed by atoms with van der Waals surface area (Å²) >= 11 is 3.09. The van der Waals surface area contributed by atoms with Crippen LogP contribution in [0.1, 0.15) is 12.0 Å². The first-order valence-electron chi connectivity index (χ1n) is 7.19. The van der Waals surface area contributed by atoms with Gasteiger partial charge < -0.3 is 10.1 Å². The summed E-state index contributed by atoms with van der Waals surface area (Å²) in [6.45, 7) is 2.08. The van der Waals surface area contributed by atoms with Gasteiger partial charge >= 0.3 is 5.97 Å². The first-order valence-corrected chi connectivity index (χ1v) is 9.22. The number of hydrogen-bond acceptors (Lipinski definition) is 5. The standard InChI is InChI=1S/C17H19NO3S2/c1-12-6-9-23-17(12)13-4-3-5-14(10-13)18-15(19)7-8-22-11-16(20)21-2/h3-6,9-10H,7-8,11H2,1-2H3,(H,18,19). The van der Waals surface area contributed by atoms with E-state index in [0.29, 0.717) is 12.2 Å². The summed E-state index contributed by atoms with van der Waals surface area (Å²) in [7, 11) is 1.36. The highest BCUT2D eigenvalue weighted by Gasteiger charge is 2.07. The van der Waals surface area contributed by atoms with Crippen LogP contribution in [0.2, 0.25) is 0 Å². The minimum atomic E-state index is -0.269. The summed E-state index contributed by atoms with van der Waals surface area (Å²) in [5.74, 6) is 0.540. The molecule has 2 rings (SSSR count). The summed E-state index contributed by atoms with van der Waals surface area (Å²) in [6, 6.07) is 9.94. The summed E-state index contributed by atoms with van der Waals surface area (Å²) in [5.41, 5.74) is 3.13. The van der Waals surface area contributed by atoms with Gasteiger partial charge in [-0.05, 0) is 41.6 Å². The second-order valence-corrected chi connectivity index (χ2v) is 6.96. The Morgan fingerprint density at radius 2 is 2.13 bits per heavy atom. The highest BCUT2D eigenvalue weighted by molar-refractivity contribution is 7.99. The van der Waals surface area contributed by atoms with E-state index in [1.165, 1.54) is 29.3 Å². The van der Waals surface area contributed by atoms with Crippen molar-refractivity contribution in [2.24, 2.45) is 0 Å². The van der Waals surface area contributed by atoms with Crippen LogP contribution in [-0.4, -0.2) is 30.5 Å². The zero-order valence-corrected chi connectivity index (χ0v) is 14.8. The molecule has 0 saturated carbocycles. The number of aryl methyl sites for hydroxylation is 1. The highest BCUT2D eigenvalue weighted by atomic mass is 32.2. The van der Waals surface area contributed by atoms with Gasteiger partial charge in [0, 0.05) is 22.7 Å². The van der Waals surface area contributed by atoms with Crippen LogP contribution in [0.25, 0.3) is 10.4 Å². The van der Waals surface area contributed by atoms with Crippen LogP contribution in [0.5, 0.6) is 0 Å². The summed E-state index contributed by atoms with van der Waals surface area (Å²) < 4.78 is 4.55. The minimum absolute atomic E-state index is 0.0533. The smallest absolute Gasteiger partial charge is 0.315 e. The molecule has 23 heavy (non-hydrogen) atoms. The Kier molecular flexibility index (Phi) is 6.67. The predicted octanol–water partition coefficient (Wildman–Crippen LogP) is 3.96. The van der Waals surface area contributed by atoms with Crippen molar-refractivity contribution in [3.05, 3.63) is 41.3 Å². The Hall–Kier alpha value is -1.79. The van der Waals surface area contributed by atoms with Crippen LogP contribution < -0.4 is 5.32 Å². The summed E-state index contributed by atoms with van der Waals surface area (Å²) in [5, 5.41) is 4.97. The molecule has 2 aromatic rings. The third-order valence-corrected chi connectivity index (χ3v) is 5.19. The van der Waals surface area contributed by atoms with Gasteiger partial charge in [-0.1, -0.05) is 12.1 Å². The van der Waals surface area contributed by atoms with Crippen molar-refractivity contribution in [1.82, 2.24) is 0 Å². The molecule has 1 amide bonds. The van der Waals surface area contributed by atoms with Gasteiger partial charge in [-0.3, -0.25) is 9.59 Å². The van der Waals surface area contributed by atoms with Crippen LogP contribution in [0.4, 0.5) is 5.69 Å². The van der Waals surface area contributed by atoms with Gasteiger partial charge in [-0.2, -0.15) is 0 Å². The molecule has 0 radical (unpaired) electrons. The monoisotopic (exact) mass is 349 g/mol. The number of amides is 1. The molecule has 1 aromatic carbocycles. The molecule has 0 aliphatic rings. The summed E-state index contributed by atoms with van der Waals surface area (Å²) in [4.78, 5) is 24.2. The molecule has 122 valence electrons. The van der Waals surface area contributed by atoms with Crippen LogP contribution >= 0.6 is 23.1 Å². The van der Waals surface area contributed by atoms with E-state index in [1.54, 1.807) is 11.3 Å². The Balaban J connectivity index is 1.87. The van der Waals surface area contributed by atoms with E-state index in [2.05, 4.69) is 28.4 Å². The van der Waals surface area contributed by atoms with E-state index in [9.17, 15) is 9.59 Å². The van der Waals surface area contributed by atoms with Gasteiger partial charge in [-0.15, -0.1) is 23.1 Å². The molecule has 6 heteroatoms. The molecule has 1 N–H and O–H groups in total. The molecule has 0 fully saturated rings. The normalized spacial score (nSPS) is 10.3. The molecule has 0 bridgehead atoms. The van der Waals surface area contributed by atoms with Crippen molar-refractivity contribution in [1.29, 1.82) is 0 Å². The predicted molar refractivity (Wildman–Crippen MR) is 97.1 cm³/mol. The second-order valence-electron chi connectivity index (χ2n) is 4.94. The van der Waals surface area contributed by atoms with Gasteiger partial charge in [0.2, 0.25) is 5.91 Å². The SMILES string of the molecule is COC(=O)CSCCC(=O)Nc1cccc(-c2sccc2C)c1. The van der Waals surface area contributed by atoms with Gasteiger partial charge in [0.05, 0.1) is 12.9 Å². The van der Waals surface area contributed by atoms with E-state index >= 15 is 0 Å². The molecule has 0 aliphatic carbocycles. The van der Waals surface area contributed by atoms with Crippen LogP contribution in [0, 0.1) is 6.92 Å². The van der Waals surface area contributed by atoms with Crippen molar-refractivity contribution in [3.63, 3.8) is 0 Å². The summed E-state index contributed by atoms with van der Waals surface area (Å²) in [6.07, 6.45) is 0.365.